The predicted molar refractivity (Wildman–Crippen MR) is 176 cm³/mol. The molecule has 4 heterocycles. The molecule has 0 aliphatic carbocycles. The molecular weight excluding hydrogens is 766 g/mol. The maximum absolute atomic E-state index is 12.6. The van der Waals surface area contributed by atoms with Gasteiger partial charge in [0, 0.05) is 6.92 Å². The third-order valence-corrected chi connectivity index (χ3v) is 9.82. The zero-order chi connectivity index (χ0) is 41.8. The molecule has 22 atom stereocenters. The minimum atomic E-state index is -1.99. The Bertz CT molecular complexity index is 1270. The summed E-state index contributed by atoms with van der Waals surface area (Å²) in [6.45, 7) is 0.285. The van der Waals surface area contributed by atoms with Gasteiger partial charge >= 0.3 is 0 Å². The van der Waals surface area contributed by atoms with Crippen LogP contribution in [-0.2, 0) is 42.7 Å². The predicted octanol–water partition coefficient (Wildman–Crippen LogP) is -8.37. The minimum Gasteiger partial charge on any atom is -0.510 e. The van der Waals surface area contributed by atoms with Gasteiger partial charge in [-0.05, 0) is 19.9 Å². The van der Waals surface area contributed by atoms with Gasteiger partial charge in [0.05, 0.1) is 44.7 Å². The summed E-state index contributed by atoms with van der Waals surface area (Å²) in [5, 5.41) is 147. The number of hydrogen-bond acceptors (Lipinski definition) is 23. The third kappa shape index (κ3) is 10.7. The molecule has 2 unspecified atom stereocenters. The molecule has 0 spiro atoms. The SMILES string of the molecule is CC(=O)N[C@H]1[C@H](OCC(O)C(O)=CC(O)CO)O[C@H](CO)[C@@H](O[C@@H]2O[C@H](CO)[C@H](O)[C@H](O)[C@H]2O[C@@H]2O[C@@H](C)[C@@H](O)[C@@H](O)[C@@H]2O)[C@@H]1O[C@@H]1O[C@@H](C)[C@@H](O)[C@@H](O)[C@@H]1O. The Morgan fingerprint density at radius 2 is 1.14 bits per heavy atom. The molecule has 0 saturated carbocycles. The van der Waals surface area contributed by atoms with Crippen LogP contribution in [-0.4, -0.2) is 239 Å². The standard InChI is InChI=1S/C32H55NO23/c1-9-18(41)21(44)24(47)30(50-9)55-27-17(33-11(3)37)29(49-8-14(40)13(39)4-12(38)5-34)53-16(7-36)26(27)54-32-28(23(46)20(43)15(6-35)52-32)56-31-25(48)22(45)19(42)10(2)51-31/h4,9-10,12,14-32,34-36,38-48H,5-8H2,1-3H3,(H,33,37)/t9-,10-,12?,14?,15+,16+,17+,18+,19+,20-,21+,22+,23-,24-,25-,26+,27+,28+,29+,30-,31-,32-/m0/s1. The second-order valence-electron chi connectivity index (χ2n) is 14.0. The van der Waals surface area contributed by atoms with Gasteiger partial charge in [-0.3, -0.25) is 4.79 Å². The molecule has 0 bridgehead atoms. The van der Waals surface area contributed by atoms with Crippen LogP contribution < -0.4 is 5.32 Å². The summed E-state index contributed by atoms with van der Waals surface area (Å²) < 4.78 is 46.5. The van der Waals surface area contributed by atoms with Gasteiger partial charge in [-0.15, -0.1) is 0 Å². The fourth-order valence-electron chi connectivity index (χ4n) is 6.57. The monoisotopic (exact) mass is 821 g/mol. The molecule has 1 amide bonds. The van der Waals surface area contributed by atoms with Crippen LogP contribution in [0.3, 0.4) is 0 Å². The van der Waals surface area contributed by atoms with E-state index in [0.29, 0.717) is 0 Å². The fraction of sp³-hybridized carbons (Fsp3) is 0.906. The molecule has 4 aliphatic heterocycles. The Hall–Kier alpha value is -1.83. The van der Waals surface area contributed by atoms with Crippen LogP contribution in [0.25, 0.3) is 0 Å². The first kappa shape index (κ1) is 46.9. The molecule has 0 radical (unpaired) electrons. The molecule has 4 fully saturated rings. The van der Waals surface area contributed by atoms with Crippen LogP contribution in [0.2, 0.25) is 0 Å². The quantitative estimate of drug-likeness (QED) is 0.0682. The van der Waals surface area contributed by atoms with Crippen LogP contribution in [0, 0.1) is 0 Å². The van der Waals surface area contributed by atoms with Gasteiger partial charge in [-0.1, -0.05) is 0 Å². The number of amides is 1. The van der Waals surface area contributed by atoms with E-state index in [2.05, 4.69) is 5.32 Å². The summed E-state index contributed by atoms with van der Waals surface area (Å²) in [7, 11) is 0. The molecule has 15 N–H and O–H groups in total. The van der Waals surface area contributed by atoms with Crippen molar-refractivity contribution in [3.63, 3.8) is 0 Å². The maximum atomic E-state index is 12.6. The van der Waals surface area contributed by atoms with Crippen molar-refractivity contribution in [3.8, 4) is 0 Å². The van der Waals surface area contributed by atoms with Crippen molar-refractivity contribution in [2.45, 2.75) is 156 Å². The number of rotatable bonds is 15. The summed E-state index contributed by atoms with van der Waals surface area (Å²) in [5.41, 5.74) is 0. The van der Waals surface area contributed by atoms with E-state index in [1.165, 1.54) is 13.8 Å². The number of nitrogens with one attached hydrogen (secondary N) is 1. The molecule has 0 aromatic rings. The minimum absolute atomic E-state index is 0.727. The van der Waals surface area contributed by atoms with E-state index in [9.17, 15) is 71.2 Å². The van der Waals surface area contributed by atoms with Crippen LogP contribution in [0.4, 0.5) is 0 Å². The lowest BCUT2D eigenvalue weighted by atomic mass is 9.94. The molecule has 326 valence electrons. The fourth-order valence-corrected chi connectivity index (χ4v) is 6.57. The van der Waals surface area contributed by atoms with Gasteiger partial charge in [0.1, 0.15) is 97.3 Å². The van der Waals surface area contributed by atoms with Crippen molar-refractivity contribution in [1.29, 1.82) is 0 Å². The van der Waals surface area contributed by atoms with Gasteiger partial charge in [0.25, 0.3) is 0 Å². The van der Waals surface area contributed by atoms with Gasteiger partial charge < -0.3 is 115 Å². The van der Waals surface area contributed by atoms with Crippen LogP contribution in [0.15, 0.2) is 11.8 Å². The van der Waals surface area contributed by atoms with Gasteiger partial charge in [-0.25, -0.2) is 0 Å². The number of ether oxygens (including phenoxy) is 8. The molecular formula is C32H55NO23. The first-order valence-electron chi connectivity index (χ1n) is 17.9. The molecule has 0 aromatic carbocycles. The van der Waals surface area contributed by atoms with Crippen LogP contribution in [0.5, 0.6) is 0 Å². The lowest BCUT2D eigenvalue weighted by molar-refractivity contribution is -0.393. The molecule has 4 saturated heterocycles. The van der Waals surface area contributed by atoms with Crippen molar-refractivity contribution in [1.82, 2.24) is 5.32 Å². The van der Waals surface area contributed by atoms with E-state index < -0.39 is 173 Å². The Labute approximate surface area is 319 Å². The van der Waals surface area contributed by atoms with Crippen molar-refractivity contribution in [2.24, 2.45) is 0 Å². The van der Waals surface area contributed by atoms with E-state index in [0.717, 1.165) is 13.0 Å². The zero-order valence-electron chi connectivity index (χ0n) is 30.5. The van der Waals surface area contributed by atoms with E-state index in [1.807, 2.05) is 0 Å². The maximum Gasteiger partial charge on any atom is 0.217 e. The summed E-state index contributed by atoms with van der Waals surface area (Å²) in [6.07, 6.45) is -35.3. The first-order chi connectivity index (χ1) is 26.3. The average Bonchev–Trinajstić information content (AvgIpc) is 3.16. The number of carbonyl (C=O) groups is 1. The molecule has 4 rings (SSSR count). The van der Waals surface area contributed by atoms with Crippen molar-refractivity contribution in [2.75, 3.05) is 26.4 Å². The summed E-state index contributed by atoms with van der Waals surface area (Å²) >= 11 is 0. The second kappa shape index (κ2) is 20.4. The number of hydrogen-bond donors (Lipinski definition) is 15. The first-order valence-corrected chi connectivity index (χ1v) is 17.9. The highest BCUT2D eigenvalue weighted by Crippen LogP contribution is 2.36. The highest BCUT2D eigenvalue weighted by atomic mass is 16.8. The molecule has 24 nitrogen and oxygen atoms in total. The van der Waals surface area contributed by atoms with Crippen LogP contribution in [0.1, 0.15) is 20.8 Å². The van der Waals surface area contributed by atoms with E-state index in [-0.39, 0.29) is 0 Å². The largest absolute Gasteiger partial charge is 0.510 e. The molecule has 24 heteroatoms. The highest BCUT2D eigenvalue weighted by molar-refractivity contribution is 5.73. The lowest BCUT2D eigenvalue weighted by Crippen LogP contribution is -2.70. The normalized spacial score (nSPS) is 46.2. The summed E-state index contributed by atoms with van der Waals surface area (Å²) in [5.74, 6) is -1.59. The van der Waals surface area contributed by atoms with Gasteiger partial charge in [-0.2, -0.15) is 0 Å². The number of aliphatic hydroxyl groups is 14. The highest BCUT2D eigenvalue weighted by Gasteiger charge is 2.56. The smallest absolute Gasteiger partial charge is 0.217 e. The van der Waals surface area contributed by atoms with E-state index in [4.69, 9.17) is 43.0 Å². The third-order valence-electron chi connectivity index (χ3n) is 9.82. The van der Waals surface area contributed by atoms with E-state index in [1.54, 1.807) is 0 Å². The summed E-state index contributed by atoms with van der Waals surface area (Å²) in [4.78, 5) is 12.6. The molecule has 4 aliphatic rings. The Morgan fingerprint density at radius 1 is 0.643 bits per heavy atom. The van der Waals surface area contributed by atoms with Crippen molar-refractivity contribution < 1.29 is 114 Å². The number of aliphatic hydroxyl groups excluding tert-OH is 14. The average molecular weight is 822 g/mol. The van der Waals surface area contributed by atoms with Crippen LogP contribution >= 0.6 is 0 Å². The molecule has 0 aromatic heterocycles. The lowest BCUT2D eigenvalue weighted by Gasteiger charge is -2.51. The topological polar surface area (TPSA) is 386 Å². The second-order valence-corrected chi connectivity index (χ2v) is 14.0. The van der Waals surface area contributed by atoms with E-state index >= 15 is 0 Å². The Kier molecular flexibility index (Phi) is 17.1. The number of carbonyl (C=O) groups excluding carboxylic acids is 1. The van der Waals surface area contributed by atoms with Gasteiger partial charge in [0.15, 0.2) is 25.2 Å². The van der Waals surface area contributed by atoms with Crippen molar-refractivity contribution in [3.05, 3.63) is 11.8 Å². The van der Waals surface area contributed by atoms with Crippen molar-refractivity contribution >= 4 is 5.91 Å². The Balaban J connectivity index is 1.73. The zero-order valence-corrected chi connectivity index (χ0v) is 30.5. The summed E-state index contributed by atoms with van der Waals surface area (Å²) in [6, 6.07) is -1.59. The Morgan fingerprint density at radius 3 is 1.64 bits per heavy atom. The molecule has 56 heavy (non-hydrogen) atoms. The van der Waals surface area contributed by atoms with Gasteiger partial charge in [0.2, 0.25) is 5.91 Å².